The minimum Gasteiger partial charge on any atom is -0.353 e. The minimum absolute atomic E-state index is 0. The zero-order valence-electron chi connectivity index (χ0n) is 14.0. The number of carbonyl (C=O) groups excluding carboxylic acids is 1. The lowest BCUT2D eigenvalue weighted by Crippen LogP contribution is -2.48. The lowest BCUT2D eigenvalue weighted by Gasteiger charge is -2.35. The van der Waals surface area contributed by atoms with E-state index in [1.807, 2.05) is 0 Å². The Balaban J connectivity index is 0. The minimum atomic E-state index is 0. The molecule has 1 amide bonds. The third kappa shape index (κ3) is 7.68. The molecule has 1 unspecified atom stereocenters. The van der Waals surface area contributed by atoms with Gasteiger partial charge in [0.25, 0.3) is 0 Å². The summed E-state index contributed by atoms with van der Waals surface area (Å²) in [4.78, 5) is 14.3. The Labute approximate surface area is 142 Å². The molecule has 0 spiro atoms. The van der Waals surface area contributed by atoms with Crippen LogP contribution < -0.4 is 11.1 Å². The van der Waals surface area contributed by atoms with E-state index in [0.29, 0.717) is 12.3 Å². The first-order chi connectivity index (χ1) is 8.72. The predicted octanol–water partition coefficient (Wildman–Crippen LogP) is 2.44. The van der Waals surface area contributed by atoms with Gasteiger partial charge >= 0.3 is 0 Å². The molecule has 1 fully saturated rings. The quantitative estimate of drug-likeness (QED) is 0.779. The van der Waals surface area contributed by atoms with Crippen LogP contribution in [0.5, 0.6) is 0 Å². The van der Waals surface area contributed by atoms with Crippen molar-refractivity contribution in [3.8, 4) is 0 Å². The Morgan fingerprint density at radius 1 is 1.33 bits per heavy atom. The summed E-state index contributed by atoms with van der Waals surface area (Å²) in [6.45, 7) is 7.44. The van der Waals surface area contributed by atoms with Gasteiger partial charge in [0, 0.05) is 25.0 Å². The average Bonchev–Trinajstić information content (AvgIpc) is 2.62. The van der Waals surface area contributed by atoms with E-state index in [1.54, 1.807) is 0 Å². The zero-order valence-corrected chi connectivity index (χ0v) is 15.6. The summed E-state index contributed by atoms with van der Waals surface area (Å²) in [5, 5.41) is 3.15. The van der Waals surface area contributed by atoms with Crippen molar-refractivity contribution in [2.45, 2.75) is 58.5 Å². The first-order valence-corrected chi connectivity index (χ1v) is 7.42. The van der Waals surface area contributed by atoms with Gasteiger partial charge in [-0.1, -0.05) is 20.3 Å². The first kappa shape index (κ1) is 23.2. The molecule has 1 aliphatic carbocycles. The molecule has 0 heterocycles. The van der Waals surface area contributed by atoms with Crippen LogP contribution in [-0.2, 0) is 4.79 Å². The Morgan fingerprint density at radius 2 is 1.90 bits per heavy atom. The van der Waals surface area contributed by atoms with Crippen molar-refractivity contribution in [1.82, 2.24) is 10.2 Å². The van der Waals surface area contributed by atoms with Gasteiger partial charge in [0.05, 0.1) is 0 Å². The molecule has 1 rings (SSSR count). The highest BCUT2D eigenvalue weighted by Gasteiger charge is 2.30. The lowest BCUT2D eigenvalue weighted by molar-refractivity contribution is -0.123. The molecule has 0 aromatic carbocycles. The molecular formula is C15H33Cl2N3O. The average molecular weight is 342 g/mol. The van der Waals surface area contributed by atoms with Crippen LogP contribution in [0.15, 0.2) is 0 Å². The third-order valence-corrected chi connectivity index (χ3v) is 4.44. The maximum absolute atomic E-state index is 12.1. The molecule has 4 nitrogen and oxygen atoms in total. The number of carbonyl (C=O) groups is 1. The van der Waals surface area contributed by atoms with Gasteiger partial charge in [-0.15, -0.1) is 24.8 Å². The Bertz CT molecular complexity index is 311. The standard InChI is InChI=1S/C15H31N3O.2ClH/c1-11(15(2,3)10-18(4)5)17-14(19)9-12-7-6-8-13(12)16;;/h11-13H,6-10,16H2,1-5H3,(H,17,19);2*1H/t11?,12-,13+;;/m0../s1. The largest absolute Gasteiger partial charge is 0.353 e. The number of hydrogen-bond acceptors (Lipinski definition) is 3. The van der Waals surface area contributed by atoms with Gasteiger partial charge in [-0.25, -0.2) is 0 Å². The molecule has 0 radical (unpaired) electrons. The normalized spacial score (nSPS) is 23.2. The Kier molecular flexibility index (Phi) is 10.9. The third-order valence-electron chi connectivity index (χ3n) is 4.44. The van der Waals surface area contributed by atoms with Crippen LogP contribution >= 0.6 is 24.8 Å². The fourth-order valence-corrected chi connectivity index (χ4v) is 3.00. The number of nitrogens with one attached hydrogen (secondary N) is 1. The molecule has 0 aromatic rings. The number of amides is 1. The fraction of sp³-hybridized carbons (Fsp3) is 0.933. The summed E-state index contributed by atoms with van der Waals surface area (Å²) in [5.41, 5.74) is 6.09. The van der Waals surface area contributed by atoms with E-state index in [0.717, 1.165) is 19.4 Å². The van der Waals surface area contributed by atoms with Crippen molar-refractivity contribution >= 4 is 30.7 Å². The van der Waals surface area contributed by atoms with Crippen molar-refractivity contribution in [2.24, 2.45) is 17.1 Å². The maximum atomic E-state index is 12.1. The highest BCUT2D eigenvalue weighted by Crippen LogP contribution is 2.27. The summed E-state index contributed by atoms with van der Waals surface area (Å²) < 4.78 is 0. The van der Waals surface area contributed by atoms with Crippen LogP contribution in [0.3, 0.4) is 0 Å². The van der Waals surface area contributed by atoms with E-state index >= 15 is 0 Å². The molecule has 0 aliphatic heterocycles. The predicted molar refractivity (Wildman–Crippen MR) is 94.4 cm³/mol. The highest BCUT2D eigenvalue weighted by atomic mass is 35.5. The molecule has 1 aliphatic rings. The maximum Gasteiger partial charge on any atom is 0.220 e. The summed E-state index contributed by atoms with van der Waals surface area (Å²) in [6, 6.07) is 0.385. The van der Waals surface area contributed by atoms with Crippen LogP contribution in [0.1, 0.15) is 46.5 Å². The Hall–Kier alpha value is -0.0300. The number of nitrogens with two attached hydrogens (primary N) is 1. The van der Waals surface area contributed by atoms with E-state index < -0.39 is 0 Å². The summed E-state index contributed by atoms with van der Waals surface area (Å²) in [6.07, 6.45) is 3.92. The molecule has 3 N–H and O–H groups in total. The SMILES string of the molecule is CC(NC(=O)C[C@@H]1CCC[C@H]1N)C(C)(C)CN(C)C.Cl.Cl. The first-order valence-electron chi connectivity index (χ1n) is 7.42. The van der Waals surface area contributed by atoms with E-state index in [4.69, 9.17) is 5.73 Å². The van der Waals surface area contributed by atoms with Crippen molar-refractivity contribution < 1.29 is 4.79 Å². The van der Waals surface area contributed by atoms with Gasteiger partial charge in [0.15, 0.2) is 0 Å². The van der Waals surface area contributed by atoms with Gasteiger partial charge < -0.3 is 16.0 Å². The second-order valence-electron chi connectivity index (χ2n) is 7.07. The van der Waals surface area contributed by atoms with Crippen molar-refractivity contribution in [2.75, 3.05) is 20.6 Å². The fourth-order valence-electron chi connectivity index (χ4n) is 3.00. The second-order valence-corrected chi connectivity index (χ2v) is 7.07. The van der Waals surface area contributed by atoms with E-state index in [1.165, 1.54) is 6.42 Å². The number of halogens is 2. The van der Waals surface area contributed by atoms with Crippen LogP contribution in [0.25, 0.3) is 0 Å². The van der Waals surface area contributed by atoms with Gasteiger partial charge in [-0.05, 0) is 45.2 Å². The van der Waals surface area contributed by atoms with Crippen molar-refractivity contribution in [3.05, 3.63) is 0 Å². The van der Waals surface area contributed by atoms with E-state index in [2.05, 4.69) is 45.1 Å². The number of rotatable bonds is 6. The van der Waals surface area contributed by atoms with Gasteiger partial charge in [0.1, 0.15) is 0 Å². The van der Waals surface area contributed by atoms with Gasteiger partial charge in [0.2, 0.25) is 5.91 Å². The molecule has 128 valence electrons. The zero-order chi connectivity index (χ0) is 14.6. The molecule has 0 saturated heterocycles. The molecule has 6 heteroatoms. The van der Waals surface area contributed by atoms with Crippen LogP contribution in [-0.4, -0.2) is 43.5 Å². The van der Waals surface area contributed by atoms with Gasteiger partial charge in [-0.2, -0.15) is 0 Å². The molecule has 0 aromatic heterocycles. The van der Waals surface area contributed by atoms with Crippen molar-refractivity contribution in [1.29, 1.82) is 0 Å². The van der Waals surface area contributed by atoms with Crippen molar-refractivity contribution in [3.63, 3.8) is 0 Å². The lowest BCUT2D eigenvalue weighted by atomic mass is 9.84. The molecule has 21 heavy (non-hydrogen) atoms. The molecular weight excluding hydrogens is 309 g/mol. The molecule has 1 saturated carbocycles. The monoisotopic (exact) mass is 341 g/mol. The summed E-state index contributed by atoms with van der Waals surface area (Å²) in [5.74, 6) is 0.533. The summed E-state index contributed by atoms with van der Waals surface area (Å²) in [7, 11) is 4.13. The van der Waals surface area contributed by atoms with Crippen LogP contribution in [0, 0.1) is 11.3 Å². The van der Waals surface area contributed by atoms with Gasteiger partial charge in [-0.3, -0.25) is 4.79 Å². The van der Waals surface area contributed by atoms with Crippen LogP contribution in [0.4, 0.5) is 0 Å². The number of nitrogens with zero attached hydrogens (tertiary/aromatic N) is 1. The van der Waals surface area contributed by atoms with Crippen LogP contribution in [0.2, 0.25) is 0 Å². The Morgan fingerprint density at radius 3 is 2.33 bits per heavy atom. The van der Waals surface area contributed by atoms with E-state index in [-0.39, 0.29) is 48.2 Å². The van der Waals surface area contributed by atoms with E-state index in [9.17, 15) is 4.79 Å². The smallest absolute Gasteiger partial charge is 0.220 e. The molecule has 3 atom stereocenters. The second kappa shape index (κ2) is 9.88. The topological polar surface area (TPSA) is 58.4 Å². The molecule has 0 bridgehead atoms. The summed E-state index contributed by atoms with van der Waals surface area (Å²) >= 11 is 0. The highest BCUT2D eigenvalue weighted by molar-refractivity contribution is 5.85. The number of hydrogen-bond donors (Lipinski definition) is 2.